The van der Waals surface area contributed by atoms with Gasteiger partial charge in [0.2, 0.25) is 0 Å². The number of ether oxygens (including phenoxy) is 1. The number of hydrogen-bond acceptors (Lipinski definition) is 2. The van der Waals surface area contributed by atoms with Crippen molar-refractivity contribution in [1.29, 1.82) is 0 Å². The van der Waals surface area contributed by atoms with Crippen LogP contribution in [-0.2, 0) is 4.74 Å². The maximum atomic E-state index is 5.87. The molecule has 1 aromatic rings. The number of nitrogens with zero attached hydrogens (tertiary/aromatic N) is 1. The Morgan fingerprint density at radius 3 is 2.70 bits per heavy atom. The normalized spacial score (nSPS) is 12.2. The Morgan fingerprint density at radius 1 is 1.30 bits per heavy atom. The predicted molar refractivity (Wildman–Crippen MR) is 86.3 cm³/mol. The number of nitrogens with one attached hydrogen (secondary N) is 1. The first-order chi connectivity index (χ1) is 9.49. The lowest BCUT2D eigenvalue weighted by Crippen LogP contribution is -2.23. The van der Waals surface area contributed by atoms with Crippen LogP contribution in [0.2, 0.25) is 0 Å². The standard InChI is InChI=1S/C16H27N3O/c1-12(2)14-7-5-8-15(11-14)19-16(17)18-9-6-10-20-13(3)4/h5,7-8,11-13H,6,9-10H2,1-4H3,(H3,17,18,19). The van der Waals surface area contributed by atoms with Crippen molar-refractivity contribution in [2.75, 3.05) is 18.5 Å². The molecule has 0 fully saturated rings. The Balaban J connectivity index is 2.41. The average Bonchev–Trinajstić information content (AvgIpc) is 2.38. The number of anilines is 1. The number of aliphatic imine (C=N–C) groups is 1. The van der Waals surface area contributed by atoms with Gasteiger partial charge in [-0.1, -0.05) is 26.0 Å². The first-order valence-electron chi connectivity index (χ1n) is 7.27. The van der Waals surface area contributed by atoms with E-state index < -0.39 is 0 Å². The van der Waals surface area contributed by atoms with Gasteiger partial charge in [-0.25, -0.2) is 0 Å². The number of rotatable bonds is 7. The molecule has 0 atom stereocenters. The molecule has 0 saturated carbocycles. The maximum absolute atomic E-state index is 5.87. The highest BCUT2D eigenvalue weighted by Gasteiger charge is 2.01. The molecule has 112 valence electrons. The lowest BCUT2D eigenvalue weighted by atomic mass is 10.0. The Morgan fingerprint density at radius 2 is 2.05 bits per heavy atom. The van der Waals surface area contributed by atoms with Crippen molar-refractivity contribution < 1.29 is 4.74 Å². The van der Waals surface area contributed by atoms with Crippen LogP contribution < -0.4 is 11.1 Å². The van der Waals surface area contributed by atoms with Gasteiger partial charge in [-0.15, -0.1) is 0 Å². The van der Waals surface area contributed by atoms with Crippen LogP contribution in [-0.4, -0.2) is 25.2 Å². The van der Waals surface area contributed by atoms with Crippen LogP contribution in [0.3, 0.4) is 0 Å². The van der Waals surface area contributed by atoms with E-state index in [9.17, 15) is 0 Å². The number of guanidine groups is 1. The lowest BCUT2D eigenvalue weighted by molar-refractivity contribution is 0.0783. The molecule has 0 aromatic heterocycles. The zero-order chi connectivity index (χ0) is 15.0. The summed E-state index contributed by atoms with van der Waals surface area (Å²) in [5, 5.41) is 3.12. The van der Waals surface area contributed by atoms with Crippen molar-refractivity contribution in [1.82, 2.24) is 0 Å². The molecule has 0 aliphatic carbocycles. The molecular formula is C16H27N3O. The van der Waals surface area contributed by atoms with Gasteiger partial charge >= 0.3 is 0 Å². The topological polar surface area (TPSA) is 59.6 Å². The summed E-state index contributed by atoms with van der Waals surface area (Å²) in [5.41, 5.74) is 8.14. The Hall–Kier alpha value is -1.55. The highest BCUT2D eigenvalue weighted by atomic mass is 16.5. The fraction of sp³-hybridized carbons (Fsp3) is 0.562. The van der Waals surface area contributed by atoms with E-state index in [2.05, 4.69) is 36.3 Å². The van der Waals surface area contributed by atoms with Crippen LogP contribution in [0.4, 0.5) is 5.69 Å². The molecule has 4 nitrogen and oxygen atoms in total. The second-order valence-electron chi connectivity index (χ2n) is 5.45. The second kappa shape index (κ2) is 8.59. The molecule has 0 amide bonds. The molecule has 20 heavy (non-hydrogen) atoms. The predicted octanol–water partition coefficient (Wildman–Crippen LogP) is 3.35. The monoisotopic (exact) mass is 277 g/mol. The van der Waals surface area contributed by atoms with Crippen LogP contribution in [0.25, 0.3) is 0 Å². The maximum Gasteiger partial charge on any atom is 0.193 e. The van der Waals surface area contributed by atoms with Gasteiger partial charge in [0.1, 0.15) is 0 Å². The van der Waals surface area contributed by atoms with Gasteiger partial charge in [-0.2, -0.15) is 0 Å². The Bertz CT molecular complexity index is 427. The van der Waals surface area contributed by atoms with E-state index in [4.69, 9.17) is 10.5 Å². The highest BCUT2D eigenvalue weighted by Crippen LogP contribution is 2.18. The van der Waals surface area contributed by atoms with E-state index >= 15 is 0 Å². The molecule has 0 unspecified atom stereocenters. The van der Waals surface area contributed by atoms with Crippen molar-refractivity contribution >= 4 is 11.6 Å². The summed E-state index contributed by atoms with van der Waals surface area (Å²) in [6.45, 7) is 9.80. The van der Waals surface area contributed by atoms with Crippen LogP contribution in [0.1, 0.15) is 45.6 Å². The molecule has 4 heteroatoms. The Labute approximate surface area is 122 Å². The van der Waals surface area contributed by atoms with Crippen molar-refractivity contribution in [3.05, 3.63) is 29.8 Å². The van der Waals surface area contributed by atoms with E-state index in [1.807, 2.05) is 26.0 Å². The molecule has 1 aromatic carbocycles. The van der Waals surface area contributed by atoms with Gasteiger partial charge in [0.25, 0.3) is 0 Å². The van der Waals surface area contributed by atoms with E-state index in [-0.39, 0.29) is 6.10 Å². The fourth-order valence-electron chi connectivity index (χ4n) is 1.75. The van der Waals surface area contributed by atoms with Crippen molar-refractivity contribution in [3.8, 4) is 0 Å². The molecule has 0 radical (unpaired) electrons. The zero-order valence-electron chi connectivity index (χ0n) is 13.0. The van der Waals surface area contributed by atoms with Crippen LogP contribution in [0, 0.1) is 0 Å². The summed E-state index contributed by atoms with van der Waals surface area (Å²) in [7, 11) is 0. The molecule has 0 aliphatic heterocycles. The third kappa shape index (κ3) is 6.57. The first-order valence-corrected chi connectivity index (χ1v) is 7.27. The summed E-state index contributed by atoms with van der Waals surface area (Å²) in [5.74, 6) is 0.957. The van der Waals surface area contributed by atoms with Crippen LogP contribution >= 0.6 is 0 Å². The first kappa shape index (κ1) is 16.5. The molecule has 0 heterocycles. The fourth-order valence-corrected chi connectivity index (χ4v) is 1.75. The van der Waals surface area contributed by atoms with E-state index in [1.165, 1.54) is 5.56 Å². The largest absolute Gasteiger partial charge is 0.379 e. The minimum absolute atomic E-state index is 0.272. The van der Waals surface area contributed by atoms with E-state index in [0.717, 1.165) is 18.7 Å². The van der Waals surface area contributed by atoms with Crippen molar-refractivity contribution in [2.24, 2.45) is 10.7 Å². The summed E-state index contributed by atoms with van der Waals surface area (Å²) >= 11 is 0. The number of hydrogen-bond donors (Lipinski definition) is 2. The summed E-state index contributed by atoms with van der Waals surface area (Å²) in [4.78, 5) is 4.29. The van der Waals surface area contributed by atoms with Gasteiger partial charge in [0, 0.05) is 18.8 Å². The van der Waals surface area contributed by atoms with Crippen LogP contribution in [0.15, 0.2) is 29.3 Å². The highest BCUT2D eigenvalue weighted by molar-refractivity contribution is 5.92. The number of benzene rings is 1. The molecule has 3 N–H and O–H groups in total. The van der Waals surface area contributed by atoms with E-state index in [0.29, 0.717) is 18.4 Å². The molecular weight excluding hydrogens is 250 g/mol. The van der Waals surface area contributed by atoms with Gasteiger partial charge in [0.15, 0.2) is 5.96 Å². The smallest absolute Gasteiger partial charge is 0.193 e. The van der Waals surface area contributed by atoms with Gasteiger partial charge in [-0.05, 0) is 43.9 Å². The number of nitrogens with two attached hydrogens (primary N) is 1. The van der Waals surface area contributed by atoms with Crippen LogP contribution in [0.5, 0.6) is 0 Å². The minimum atomic E-state index is 0.272. The second-order valence-corrected chi connectivity index (χ2v) is 5.45. The van der Waals surface area contributed by atoms with Crippen molar-refractivity contribution in [3.63, 3.8) is 0 Å². The molecule has 0 saturated heterocycles. The SMILES string of the molecule is CC(C)OCCCN=C(N)Nc1cccc(C(C)C)c1. The van der Waals surface area contributed by atoms with Crippen molar-refractivity contribution in [2.45, 2.75) is 46.1 Å². The molecule has 0 aliphatic rings. The zero-order valence-corrected chi connectivity index (χ0v) is 13.0. The quantitative estimate of drug-likeness (QED) is 0.456. The lowest BCUT2D eigenvalue weighted by Gasteiger charge is -2.10. The van der Waals surface area contributed by atoms with Gasteiger partial charge < -0.3 is 15.8 Å². The van der Waals surface area contributed by atoms with Gasteiger partial charge in [0.05, 0.1) is 6.10 Å². The molecule has 0 spiro atoms. The summed E-state index contributed by atoms with van der Waals surface area (Å²) < 4.78 is 5.45. The Kier molecular flexibility index (Phi) is 7.09. The average molecular weight is 277 g/mol. The summed E-state index contributed by atoms with van der Waals surface area (Å²) in [6.07, 6.45) is 1.15. The van der Waals surface area contributed by atoms with Gasteiger partial charge in [-0.3, -0.25) is 4.99 Å². The molecule has 0 bridgehead atoms. The third-order valence-corrected chi connectivity index (χ3v) is 2.86. The third-order valence-electron chi connectivity index (χ3n) is 2.86. The van der Waals surface area contributed by atoms with E-state index in [1.54, 1.807) is 0 Å². The molecule has 1 rings (SSSR count). The minimum Gasteiger partial charge on any atom is -0.379 e. The summed E-state index contributed by atoms with van der Waals surface area (Å²) in [6, 6.07) is 8.25.